The Morgan fingerprint density at radius 3 is 2.25 bits per heavy atom. The first kappa shape index (κ1) is 12.2. The van der Waals surface area contributed by atoms with Gasteiger partial charge in [-0.15, -0.1) is 0 Å². The molecule has 0 amide bonds. The Morgan fingerprint density at radius 1 is 0.950 bits per heavy atom. The van der Waals surface area contributed by atoms with E-state index < -0.39 is 5.97 Å². The van der Waals surface area contributed by atoms with E-state index in [0.29, 0.717) is 5.69 Å². The average molecular weight is 264 g/mol. The molecule has 0 bridgehead atoms. The van der Waals surface area contributed by atoms with Crippen molar-refractivity contribution in [1.82, 2.24) is 10.2 Å². The van der Waals surface area contributed by atoms with Gasteiger partial charge in [-0.2, -0.15) is 5.10 Å². The van der Waals surface area contributed by atoms with Crippen molar-refractivity contribution in [3.63, 3.8) is 0 Å². The summed E-state index contributed by atoms with van der Waals surface area (Å²) in [5.74, 6) is -1.01. The molecule has 4 nitrogen and oxygen atoms in total. The van der Waals surface area contributed by atoms with E-state index in [4.69, 9.17) is 5.11 Å². The third kappa shape index (κ3) is 2.19. The van der Waals surface area contributed by atoms with E-state index >= 15 is 0 Å². The Balaban J connectivity index is 2.12. The number of carboxylic acids is 1. The number of carbonyl (C=O) groups is 1. The number of aromatic nitrogens is 2. The molecule has 1 aromatic heterocycles. The first-order valence-corrected chi connectivity index (χ1v) is 6.19. The van der Waals surface area contributed by atoms with Crippen LogP contribution in [0.5, 0.6) is 0 Å². The molecule has 20 heavy (non-hydrogen) atoms. The van der Waals surface area contributed by atoms with Crippen molar-refractivity contribution in [1.29, 1.82) is 0 Å². The molecule has 3 rings (SSSR count). The second-order valence-electron chi connectivity index (χ2n) is 4.38. The molecule has 0 spiro atoms. The Morgan fingerprint density at radius 2 is 1.60 bits per heavy atom. The molecule has 0 radical (unpaired) electrons. The first-order chi connectivity index (χ1) is 9.75. The summed E-state index contributed by atoms with van der Waals surface area (Å²) in [4.78, 5) is 10.9. The molecule has 0 saturated carbocycles. The third-order valence-corrected chi connectivity index (χ3v) is 3.10. The smallest absolute Gasteiger partial charge is 0.353 e. The molecule has 98 valence electrons. The van der Waals surface area contributed by atoms with Crippen molar-refractivity contribution in [3.8, 4) is 22.4 Å². The van der Waals surface area contributed by atoms with Crippen molar-refractivity contribution < 1.29 is 9.90 Å². The zero-order valence-corrected chi connectivity index (χ0v) is 10.6. The molecular weight excluding hydrogens is 252 g/mol. The topological polar surface area (TPSA) is 66.0 Å². The Hall–Kier alpha value is -2.88. The number of aromatic amines is 1. The predicted octanol–water partition coefficient (Wildman–Crippen LogP) is 3.44. The van der Waals surface area contributed by atoms with Crippen LogP contribution in [-0.2, 0) is 0 Å². The molecule has 4 heteroatoms. The van der Waals surface area contributed by atoms with Crippen molar-refractivity contribution in [2.75, 3.05) is 0 Å². The minimum Gasteiger partial charge on any atom is -0.477 e. The number of hydrogen-bond acceptors (Lipinski definition) is 2. The number of benzene rings is 2. The van der Waals surface area contributed by atoms with E-state index in [1.165, 1.54) is 0 Å². The van der Waals surface area contributed by atoms with Crippen molar-refractivity contribution >= 4 is 5.97 Å². The molecule has 0 saturated heterocycles. The summed E-state index contributed by atoms with van der Waals surface area (Å²) >= 11 is 0. The molecule has 0 atom stereocenters. The molecule has 0 aliphatic heterocycles. The van der Waals surface area contributed by atoms with Crippen LogP contribution in [0.2, 0.25) is 0 Å². The standard InChI is InChI=1S/C16H12N2O2/c19-16(20)15-10-14(17-18-15)13-9-5-4-8-12(13)11-6-2-1-3-7-11/h1-10H,(H,17,18)(H,19,20). The molecular formula is C16H12N2O2. The van der Waals surface area contributed by atoms with Gasteiger partial charge in [0.2, 0.25) is 0 Å². The lowest BCUT2D eigenvalue weighted by Gasteiger charge is -2.07. The highest BCUT2D eigenvalue weighted by atomic mass is 16.4. The van der Waals surface area contributed by atoms with Gasteiger partial charge in [-0.1, -0.05) is 54.6 Å². The van der Waals surface area contributed by atoms with Gasteiger partial charge in [0.25, 0.3) is 0 Å². The monoisotopic (exact) mass is 264 g/mol. The largest absolute Gasteiger partial charge is 0.477 e. The van der Waals surface area contributed by atoms with E-state index in [1.54, 1.807) is 6.07 Å². The van der Waals surface area contributed by atoms with Gasteiger partial charge in [-0.3, -0.25) is 5.10 Å². The Labute approximate surface area is 115 Å². The summed E-state index contributed by atoms with van der Waals surface area (Å²) in [6.07, 6.45) is 0. The van der Waals surface area contributed by atoms with Gasteiger partial charge >= 0.3 is 5.97 Å². The molecule has 0 aliphatic carbocycles. The van der Waals surface area contributed by atoms with Crippen LogP contribution < -0.4 is 0 Å². The number of hydrogen-bond donors (Lipinski definition) is 2. The van der Waals surface area contributed by atoms with Gasteiger partial charge in [-0.05, 0) is 17.2 Å². The summed E-state index contributed by atoms with van der Waals surface area (Å²) in [6.45, 7) is 0. The average Bonchev–Trinajstić information content (AvgIpc) is 2.98. The van der Waals surface area contributed by atoms with Gasteiger partial charge in [-0.25, -0.2) is 4.79 Å². The van der Waals surface area contributed by atoms with Gasteiger partial charge < -0.3 is 5.11 Å². The summed E-state index contributed by atoms with van der Waals surface area (Å²) in [6, 6.07) is 19.3. The fraction of sp³-hybridized carbons (Fsp3) is 0. The highest BCUT2D eigenvalue weighted by molar-refractivity contribution is 5.89. The molecule has 3 aromatic rings. The number of aromatic carboxylic acids is 1. The van der Waals surface area contributed by atoms with E-state index in [-0.39, 0.29) is 5.69 Å². The number of nitrogens with zero attached hydrogens (tertiary/aromatic N) is 1. The zero-order chi connectivity index (χ0) is 13.9. The fourth-order valence-corrected chi connectivity index (χ4v) is 2.15. The molecule has 2 N–H and O–H groups in total. The van der Waals surface area contributed by atoms with Gasteiger partial charge in [0, 0.05) is 5.56 Å². The molecule has 2 aromatic carbocycles. The van der Waals surface area contributed by atoms with Crippen molar-refractivity contribution in [3.05, 3.63) is 66.4 Å². The van der Waals surface area contributed by atoms with Gasteiger partial charge in [0.1, 0.15) is 5.69 Å². The Kier molecular flexibility index (Phi) is 3.05. The van der Waals surface area contributed by atoms with Crippen LogP contribution in [0.3, 0.4) is 0 Å². The maximum atomic E-state index is 10.9. The van der Waals surface area contributed by atoms with Gasteiger partial charge in [0.15, 0.2) is 0 Å². The lowest BCUT2D eigenvalue weighted by Crippen LogP contribution is -1.95. The quantitative estimate of drug-likeness (QED) is 0.761. The molecule has 0 fully saturated rings. The second-order valence-corrected chi connectivity index (χ2v) is 4.38. The zero-order valence-electron chi connectivity index (χ0n) is 10.6. The van der Waals surface area contributed by atoms with Crippen molar-refractivity contribution in [2.45, 2.75) is 0 Å². The summed E-state index contributed by atoms with van der Waals surface area (Å²) in [5, 5.41) is 15.6. The highest BCUT2D eigenvalue weighted by Gasteiger charge is 2.12. The summed E-state index contributed by atoms with van der Waals surface area (Å²) in [7, 11) is 0. The third-order valence-electron chi connectivity index (χ3n) is 3.10. The SMILES string of the molecule is O=C(O)c1cc(-c2ccccc2-c2ccccc2)n[nH]1. The van der Waals surface area contributed by atoms with Crippen LogP contribution in [0.25, 0.3) is 22.4 Å². The number of rotatable bonds is 3. The number of nitrogens with one attached hydrogen (secondary N) is 1. The minimum absolute atomic E-state index is 0.0860. The normalized spacial score (nSPS) is 10.4. The second kappa shape index (κ2) is 5.01. The summed E-state index contributed by atoms with van der Waals surface area (Å²) in [5.41, 5.74) is 3.71. The fourth-order valence-electron chi connectivity index (χ4n) is 2.15. The summed E-state index contributed by atoms with van der Waals surface area (Å²) < 4.78 is 0. The maximum absolute atomic E-state index is 10.9. The van der Waals surface area contributed by atoms with Crippen LogP contribution >= 0.6 is 0 Å². The number of carboxylic acid groups (broad SMARTS) is 1. The van der Waals surface area contributed by atoms with Gasteiger partial charge in [0.05, 0.1) is 5.69 Å². The van der Waals surface area contributed by atoms with Crippen LogP contribution in [0.1, 0.15) is 10.5 Å². The van der Waals surface area contributed by atoms with Crippen LogP contribution in [-0.4, -0.2) is 21.3 Å². The van der Waals surface area contributed by atoms with E-state index in [0.717, 1.165) is 16.7 Å². The maximum Gasteiger partial charge on any atom is 0.353 e. The van der Waals surface area contributed by atoms with Crippen molar-refractivity contribution in [2.24, 2.45) is 0 Å². The van der Waals surface area contributed by atoms with E-state index in [1.807, 2.05) is 54.6 Å². The van der Waals surface area contributed by atoms with Crippen LogP contribution in [0.4, 0.5) is 0 Å². The van der Waals surface area contributed by atoms with E-state index in [9.17, 15) is 4.79 Å². The molecule has 1 heterocycles. The van der Waals surface area contributed by atoms with Crippen LogP contribution in [0, 0.1) is 0 Å². The molecule has 0 unspecified atom stereocenters. The minimum atomic E-state index is -1.01. The number of H-pyrrole nitrogens is 1. The lowest BCUT2D eigenvalue weighted by molar-refractivity contribution is 0.0690. The first-order valence-electron chi connectivity index (χ1n) is 6.19. The van der Waals surface area contributed by atoms with E-state index in [2.05, 4.69) is 10.2 Å². The highest BCUT2D eigenvalue weighted by Crippen LogP contribution is 2.30. The lowest BCUT2D eigenvalue weighted by atomic mass is 9.98. The predicted molar refractivity (Wildman–Crippen MR) is 76.4 cm³/mol. The molecule has 0 aliphatic rings. The Bertz CT molecular complexity index is 748. The van der Waals surface area contributed by atoms with Crippen LogP contribution in [0.15, 0.2) is 60.7 Å².